The molecule has 1 aliphatic heterocycles. The minimum Gasteiger partial charge on any atom is -0.497 e. The molecule has 31 heavy (non-hydrogen) atoms. The van der Waals surface area contributed by atoms with Gasteiger partial charge in [-0.05, 0) is 61.2 Å². The smallest absolute Gasteiger partial charge is 0.230 e. The van der Waals surface area contributed by atoms with Gasteiger partial charge in [-0.15, -0.1) is 0 Å². The van der Waals surface area contributed by atoms with Crippen LogP contribution in [0.25, 0.3) is 11.4 Å². The molecule has 5 rings (SSSR count). The Bertz CT molecular complexity index is 1050. The molecule has 1 saturated heterocycles. The number of nitrogens with zero attached hydrogens (tertiary/aromatic N) is 3. The Morgan fingerprint density at radius 1 is 1.13 bits per heavy atom. The van der Waals surface area contributed by atoms with E-state index in [0.717, 1.165) is 41.4 Å². The molecule has 0 radical (unpaired) electrons. The van der Waals surface area contributed by atoms with Crippen LogP contribution in [-0.4, -0.2) is 47.3 Å². The minimum atomic E-state index is 0.0262. The van der Waals surface area contributed by atoms with Crippen LogP contribution in [0, 0.1) is 0 Å². The summed E-state index contributed by atoms with van der Waals surface area (Å²) in [5, 5.41) is 4.07. The zero-order valence-corrected chi connectivity index (χ0v) is 17.5. The first-order valence-electron chi connectivity index (χ1n) is 10.7. The maximum atomic E-state index is 12.4. The fourth-order valence-corrected chi connectivity index (χ4v) is 3.68. The lowest BCUT2D eigenvalue weighted by molar-refractivity contribution is -0.139. The number of benzene rings is 2. The van der Waals surface area contributed by atoms with Gasteiger partial charge < -0.3 is 18.9 Å². The molecule has 1 saturated carbocycles. The Morgan fingerprint density at radius 2 is 1.94 bits per heavy atom. The van der Waals surface area contributed by atoms with Gasteiger partial charge in [0.2, 0.25) is 17.6 Å². The Labute approximate surface area is 181 Å². The SMILES string of the molecule is COc1cccc(CCC(=O)N2CC(Oc3ccc(-c4noc(C5CC5)n4)cc3)C2)c1. The molecule has 1 amide bonds. The Kier molecular flexibility index (Phi) is 5.32. The van der Waals surface area contributed by atoms with Crippen molar-refractivity contribution in [2.45, 2.75) is 37.7 Å². The van der Waals surface area contributed by atoms with E-state index in [0.29, 0.717) is 37.7 Å². The third kappa shape index (κ3) is 4.55. The van der Waals surface area contributed by atoms with Gasteiger partial charge in [0.15, 0.2) is 0 Å². The molecule has 1 aliphatic carbocycles. The fraction of sp³-hybridized carbons (Fsp3) is 0.375. The molecule has 2 heterocycles. The lowest BCUT2D eigenvalue weighted by Gasteiger charge is -2.39. The maximum absolute atomic E-state index is 12.4. The van der Waals surface area contributed by atoms with Crippen LogP contribution >= 0.6 is 0 Å². The van der Waals surface area contributed by atoms with Crippen LogP contribution in [-0.2, 0) is 11.2 Å². The number of hydrogen-bond acceptors (Lipinski definition) is 6. The van der Waals surface area contributed by atoms with Gasteiger partial charge in [0.05, 0.1) is 20.2 Å². The monoisotopic (exact) mass is 419 g/mol. The highest BCUT2D eigenvalue weighted by molar-refractivity contribution is 5.77. The molecular weight excluding hydrogens is 394 g/mol. The van der Waals surface area contributed by atoms with Crippen LogP contribution in [0.2, 0.25) is 0 Å². The number of rotatable bonds is 8. The molecule has 0 atom stereocenters. The van der Waals surface area contributed by atoms with Crippen LogP contribution in [0.4, 0.5) is 0 Å². The van der Waals surface area contributed by atoms with Crippen molar-refractivity contribution in [2.75, 3.05) is 20.2 Å². The van der Waals surface area contributed by atoms with Crippen LogP contribution in [0.5, 0.6) is 11.5 Å². The molecule has 3 aromatic rings. The molecule has 2 fully saturated rings. The Balaban J connectivity index is 1.08. The third-order valence-corrected chi connectivity index (χ3v) is 5.75. The number of carbonyl (C=O) groups excluding carboxylic acids is 1. The van der Waals surface area contributed by atoms with Crippen molar-refractivity contribution in [3.05, 3.63) is 60.0 Å². The second-order valence-electron chi connectivity index (χ2n) is 8.14. The zero-order chi connectivity index (χ0) is 21.2. The topological polar surface area (TPSA) is 77.7 Å². The van der Waals surface area contributed by atoms with Crippen molar-refractivity contribution in [2.24, 2.45) is 0 Å². The highest BCUT2D eigenvalue weighted by Gasteiger charge is 2.32. The fourth-order valence-electron chi connectivity index (χ4n) is 3.68. The molecule has 7 nitrogen and oxygen atoms in total. The number of likely N-dealkylation sites (tertiary alicyclic amines) is 1. The second kappa shape index (κ2) is 8.41. The summed E-state index contributed by atoms with van der Waals surface area (Å²) >= 11 is 0. The number of amides is 1. The molecule has 0 bridgehead atoms. The summed E-state index contributed by atoms with van der Waals surface area (Å²) < 4.78 is 16.5. The van der Waals surface area contributed by atoms with Crippen LogP contribution in [0.3, 0.4) is 0 Å². The quantitative estimate of drug-likeness (QED) is 0.552. The summed E-state index contributed by atoms with van der Waals surface area (Å²) in [5.41, 5.74) is 2.01. The first-order chi connectivity index (χ1) is 15.2. The first kappa shape index (κ1) is 19.6. The standard InChI is InChI=1S/C24H25N3O4/c1-29-20-4-2-3-16(13-20)5-12-22(28)27-14-21(15-27)30-19-10-8-17(9-11-19)23-25-24(31-26-23)18-6-7-18/h2-4,8-11,13,18,21H,5-7,12,14-15H2,1H3. The van der Waals surface area contributed by atoms with Gasteiger partial charge in [-0.25, -0.2) is 0 Å². The third-order valence-electron chi connectivity index (χ3n) is 5.75. The van der Waals surface area contributed by atoms with Gasteiger partial charge in [-0.1, -0.05) is 17.3 Å². The average molecular weight is 419 g/mol. The molecule has 1 aromatic heterocycles. The van der Waals surface area contributed by atoms with Gasteiger partial charge in [0.25, 0.3) is 0 Å². The summed E-state index contributed by atoms with van der Waals surface area (Å²) in [6.07, 6.45) is 3.49. The molecule has 0 N–H and O–H groups in total. The van der Waals surface area contributed by atoms with Gasteiger partial charge in [0.1, 0.15) is 17.6 Å². The van der Waals surface area contributed by atoms with E-state index in [4.69, 9.17) is 14.0 Å². The maximum Gasteiger partial charge on any atom is 0.230 e. The van der Waals surface area contributed by atoms with E-state index >= 15 is 0 Å². The van der Waals surface area contributed by atoms with Crippen molar-refractivity contribution in [1.29, 1.82) is 0 Å². The predicted molar refractivity (Wildman–Crippen MR) is 114 cm³/mol. The Morgan fingerprint density at radius 3 is 2.68 bits per heavy atom. The first-order valence-corrected chi connectivity index (χ1v) is 10.7. The summed E-state index contributed by atoms with van der Waals surface area (Å²) in [6.45, 7) is 1.24. The predicted octanol–water partition coefficient (Wildman–Crippen LogP) is 3.85. The summed E-state index contributed by atoms with van der Waals surface area (Å²) in [4.78, 5) is 18.7. The van der Waals surface area contributed by atoms with Crippen molar-refractivity contribution in [3.8, 4) is 22.9 Å². The van der Waals surface area contributed by atoms with Gasteiger partial charge in [-0.3, -0.25) is 4.79 Å². The van der Waals surface area contributed by atoms with Crippen LogP contribution in [0.15, 0.2) is 53.1 Å². The molecule has 0 spiro atoms. The van der Waals surface area contributed by atoms with Crippen molar-refractivity contribution >= 4 is 5.91 Å². The summed E-state index contributed by atoms with van der Waals surface area (Å²) in [5.74, 6) is 3.55. The van der Waals surface area contributed by atoms with E-state index in [1.54, 1.807) is 7.11 Å². The number of aromatic nitrogens is 2. The van der Waals surface area contributed by atoms with Gasteiger partial charge >= 0.3 is 0 Å². The molecule has 2 aliphatic rings. The average Bonchev–Trinajstić information content (AvgIpc) is 3.51. The van der Waals surface area contributed by atoms with Crippen molar-refractivity contribution < 1.29 is 18.8 Å². The Hall–Kier alpha value is -3.35. The highest BCUT2D eigenvalue weighted by Crippen LogP contribution is 2.39. The van der Waals surface area contributed by atoms with Crippen LogP contribution < -0.4 is 9.47 Å². The van der Waals surface area contributed by atoms with E-state index in [2.05, 4.69) is 10.1 Å². The second-order valence-corrected chi connectivity index (χ2v) is 8.14. The van der Waals surface area contributed by atoms with Crippen LogP contribution in [0.1, 0.15) is 36.6 Å². The molecule has 0 unspecified atom stereocenters. The van der Waals surface area contributed by atoms with Crippen molar-refractivity contribution in [1.82, 2.24) is 15.0 Å². The summed E-state index contributed by atoms with van der Waals surface area (Å²) in [7, 11) is 1.65. The minimum absolute atomic E-state index is 0.0262. The molecular formula is C24H25N3O4. The molecule has 7 heteroatoms. The van der Waals surface area contributed by atoms with E-state index < -0.39 is 0 Å². The molecule has 2 aromatic carbocycles. The van der Waals surface area contributed by atoms with Gasteiger partial charge in [0, 0.05) is 17.9 Å². The van der Waals surface area contributed by atoms with E-state index in [9.17, 15) is 4.79 Å². The van der Waals surface area contributed by atoms with E-state index in [1.807, 2.05) is 53.4 Å². The van der Waals surface area contributed by atoms with E-state index in [1.165, 1.54) is 0 Å². The number of ether oxygens (including phenoxy) is 2. The normalized spacial score (nSPS) is 16.1. The number of methoxy groups -OCH3 is 1. The number of hydrogen-bond donors (Lipinski definition) is 0. The number of aryl methyl sites for hydroxylation is 1. The summed E-state index contributed by atoms with van der Waals surface area (Å²) in [6, 6.07) is 15.5. The molecule has 160 valence electrons. The lowest BCUT2D eigenvalue weighted by atomic mass is 10.1. The zero-order valence-electron chi connectivity index (χ0n) is 17.5. The largest absolute Gasteiger partial charge is 0.497 e. The lowest BCUT2D eigenvalue weighted by Crippen LogP contribution is -2.56. The van der Waals surface area contributed by atoms with Gasteiger partial charge in [-0.2, -0.15) is 4.98 Å². The number of carbonyl (C=O) groups is 1. The van der Waals surface area contributed by atoms with E-state index in [-0.39, 0.29) is 12.0 Å². The van der Waals surface area contributed by atoms with Crippen molar-refractivity contribution in [3.63, 3.8) is 0 Å². The highest BCUT2D eigenvalue weighted by atomic mass is 16.5.